The van der Waals surface area contributed by atoms with Crippen LogP contribution in [0.1, 0.15) is 17.2 Å². The van der Waals surface area contributed by atoms with Crippen LogP contribution in [0.5, 0.6) is 0 Å². The number of hydrogen-bond acceptors (Lipinski definition) is 2. The highest BCUT2D eigenvalue weighted by atomic mass is 19.4. The summed E-state index contributed by atoms with van der Waals surface area (Å²) < 4.78 is 50.4. The monoisotopic (exact) mass is 246 g/mol. The van der Waals surface area contributed by atoms with Crippen molar-refractivity contribution in [1.29, 1.82) is 5.26 Å². The smallest absolute Gasteiger partial charge is 0.291 e. The van der Waals surface area contributed by atoms with Crippen molar-refractivity contribution in [3.63, 3.8) is 0 Å². The molecular formula is C11H10F4N2. The van der Waals surface area contributed by atoms with Crippen LogP contribution in [0.15, 0.2) is 18.2 Å². The first-order valence-corrected chi connectivity index (χ1v) is 4.69. The normalized spacial score (nSPS) is 13.5. The van der Waals surface area contributed by atoms with Crippen LogP contribution in [-0.4, -0.2) is 19.0 Å². The standard InChI is InChI=1S/C11H10F4N2/c1-17(2)10(6-16)7-3-8(11(13,14)15)5-9(12)4-7/h3-5,10H,1-2H3. The van der Waals surface area contributed by atoms with E-state index in [2.05, 4.69) is 0 Å². The molecule has 6 heteroatoms. The predicted octanol–water partition coefficient (Wildman–Crippen LogP) is 2.97. The Balaban J connectivity index is 3.28. The molecule has 1 atom stereocenters. The Bertz CT molecular complexity index is 446. The summed E-state index contributed by atoms with van der Waals surface area (Å²) in [6.45, 7) is 0. The molecule has 0 heterocycles. The van der Waals surface area contributed by atoms with E-state index < -0.39 is 23.6 Å². The number of hydrogen-bond donors (Lipinski definition) is 0. The van der Waals surface area contributed by atoms with Gasteiger partial charge in [0.2, 0.25) is 0 Å². The van der Waals surface area contributed by atoms with E-state index in [0.717, 1.165) is 12.1 Å². The highest BCUT2D eigenvalue weighted by Gasteiger charge is 2.32. The molecule has 0 fully saturated rings. The van der Waals surface area contributed by atoms with Gasteiger partial charge in [-0.05, 0) is 37.9 Å². The Morgan fingerprint density at radius 2 is 1.82 bits per heavy atom. The Hall–Kier alpha value is -1.61. The molecule has 0 aromatic heterocycles. The lowest BCUT2D eigenvalue weighted by molar-refractivity contribution is -0.137. The van der Waals surface area contributed by atoms with Gasteiger partial charge in [0.15, 0.2) is 0 Å². The lowest BCUT2D eigenvalue weighted by atomic mass is 10.0. The average molecular weight is 246 g/mol. The number of nitriles is 1. The van der Waals surface area contributed by atoms with E-state index in [9.17, 15) is 17.6 Å². The van der Waals surface area contributed by atoms with Crippen LogP contribution in [-0.2, 0) is 6.18 Å². The third kappa shape index (κ3) is 3.17. The molecular weight excluding hydrogens is 236 g/mol. The average Bonchev–Trinajstić information content (AvgIpc) is 2.15. The summed E-state index contributed by atoms with van der Waals surface area (Å²) in [5.74, 6) is -1.00. The number of benzene rings is 1. The second-order valence-electron chi connectivity index (χ2n) is 3.77. The van der Waals surface area contributed by atoms with Crippen LogP contribution in [0.3, 0.4) is 0 Å². The van der Waals surface area contributed by atoms with Crippen molar-refractivity contribution in [2.24, 2.45) is 0 Å². The molecule has 0 spiro atoms. The van der Waals surface area contributed by atoms with Gasteiger partial charge in [0, 0.05) is 0 Å². The van der Waals surface area contributed by atoms with Gasteiger partial charge in [0.25, 0.3) is 0 Å². The zero-order valence-electron chi connectivity index (χ0n) is 9.22. The molecule has 0 saturated heterocycles. The summed E-state index contributed by atoms with van der Waals surface area (Å²) in [5, 5.41) is 8.84. The van der Waals surface area contributed by atoms with E-state index in [0.29, 0.717) is 6.07 Å². The Morgan fingerprint density at radius 1 is 1.24 bits per heavy atom. The fourth-order valence-electron chi connectivity index (χ4n) is 1.42. The van der Waals surface area contributed by atoms with Gasteiger partial charge in [-0.3, -0.25) is 4.90 Å². The van der Waals surface area contributed by atoms with E-state index in [1.807, 2.05) is 6.07 Å². The van der Waals surface area contributed by atoms with E-state index in [1.165, 1.54) is 19.0 Å². The highest BCUT2D eigenvalue weighted by molar-refractivity contribution is 5.31. The number of halogens is 4. The first-order chi connectivity index (χ1) is 7.75. The van der Waals surface area contributed by atoms with E-state index in [4.69, 9.17) is 5.26 Å². The molecule has 1 aromatic rings. The lowest BCUT2D eigenvalue weighted by Crippen LogP contribution is -2.19. The van der Waals surface area contributed by atoms with Crippen molar-refractivity contribution in [2.45, 2.75) is 12.2 Å². The molecule has 0 aliphatic heterocycles. The van der Waals surface area contributed by atoms with Gasteiger partial charge >= 0.3 is 6.18 Å². The second kappa shape index (κ2) is 4.72. The van der Waals surface area contributed by atoms with Crippen molar-refractivity contribution < 1.29 is 17.6 Å². The molecule has 0 amide bonds. The van der Waals surface area contributed by atoms with Gasteiger partial charge in [-0.15, -0.1) is 0 Å². The first-order valence-electron chi connectivity index (χ1n) is 4.69. The van der Waals surface area contributed by atoms with Crippen molar-refractivity contribution in [3.8, 4) is 6.07 Å². The van der Waals surface area contributed by atoms with Crippen LogP contribution in [0.4, 0.5) is 17.6 Å². The molecule has 1 unspecified atom stereocenters. The van der Waals surface area contributed by atoms with E-state index in [-0.39, 0.29) is 5.56 Å². The fourth-order valence-corrected chi connectivity index (χ4v) is 1.42. The Kier molecular flexibility index (Phi) is 3.73. The second-order valence-corrected chi connectivity index (χ2v) is 3.77. The number of rotatable bonds is 2. The van der Waals surface area contributed by atoms with E-state index >= 15 is 0 Å². The molecule has 0 aliphatic rings. The van der Waals surface area contributed by atoms with Crippen LogP contribution in [0.2, 0.25) is 0 Å². The zero-order valence-corrected chi connectivity index (χ0v) is 9.22. The fraction of sp³-hybridized carbons (Fsp3) is 0.364. The summed E-state index contributed by atoms with van der Waals surface area (Å²) in [6.07, 6.45) is -4.62. The summed E-state index contributed by atoms with van der Waals surface area (Å²) in [6, 6.07) is 3.04. The number of alkyl halides is 3. The molecule has 0 radical (unpaired) electrons. The highest BCUT2D eigenvalue weighted by Crippen LogP contribution is 2.32. The summed E-state index contributed by atoms with van der Waals surface area (Å²) in [4.78, 5) is 1.41. The van der Waals surface area contributed by atoms with Crippen LogP contribution < -0.4 is 0 Å². The van der Waals surface area contributed by atoms with E-state index in [1.54, 1.807) is 0 Å². The van der Waals surface area contributed by atoms with Crippen LogP contribution in [0.25, 0.3) is 0 Å². The SMILES string of the molecule is CN(C)C(C#N)c1cc(F)cc(C(F)(F)F)c1. The maximum atomic E-state index is 13.1. The van der Waals surface area contributed by atoms with Gasteiger partial charge < -0.3 is 0 Å². The first kappa shape index (κ1) is 13.5. The summed E-state index contributed by atoms with van der Waals surface area (Å²) in [7, 11) is 3.07. The van der Waals surface area contributed by atoms with Crippen molar-refractivity contribution in [3.05, 3.63) is 35.1 Å². The Labute approximate surface area is 96.1 Å². The largest absolute Gasteiger partial charge is 0.416 e. The van der Waals surface area contributed by atoms with Gasteiger partial charge in [-0.25, -0.2) is 4.39 Å². The van der Waals surface area contributed by atoms with Gasteiger partial charge in [-0.2, -0.15) is 18.4 Å². The topological polar surface area (TPSA) is 27.0 Å². The minimum Gasteiger partial charge on any atom is -0.291 e. The lowest BCUT2D eigenvalue weighted by Gasteiger charge is -2.18. The summed E-state index contributed by atoms with van der Waals surface area (Å²) in [5.41, 5.74) is -1.10. The third-order valence-corrected chi connectivity index (χ3v) is 2.20. The maximum absolute atomic E-state index is 13.1. The predicted molar refractivity (Wildman–Crippen MR) is 53.4 cm³/mol. The van der Waals surface area contributed by atoms with Crippen molar-refractivity contribution >= 4 is 0 Å². The minimum absolute atomic E-state index is 0.00942. The molecule has 92 valence electrons. The van der Waals surface area contributed by atoms with Crippen LogP contribution in [0, 0.1) is 17.1 Å². The summed E-state index contributed by atoms with van der Waals surface area (Å²) >= 11 is 0. The van der Waals surface area contributed by atoms with Gasteiger partial charge in [0.05, 0.1) is 11.6 Å². The molecule has 1 aromatic carbocycles. The molecule has 0 bridgehead atoms. The van der Waals surface area contributed by atoms with Gasteiger partial charge in [-0.1, -0.05) is 0 Å². The molecule has 17 heavy (non-hydrogen) atoms. The van der Waals surface area contributed by atoms with Crippen molar-refractivity contribution in [1.82, 2.24) is 4.90 Å². The molecule has 0 saturated carbocycles. The van der Waals surface area contributed by atoms with Crippen LogP contribution >= 0.6 is 0 Å². The molecule has 0 aliphatic carbocycles. The zero-order chi connectivity index (χ0) is 13.2. The molecule has 0 N–H and O–H groups in total. The molecule has 1 rings (SSSR count). The Morgan fingerprint density at radius 3 is 2.24 bits per heavy atom. The minimum atomic E-state index is -4.62. The van der Waals surface area contributed by atoms with Crippen molar-refractivity contribution in [2.75, 3.05) is 14.1 Å². The number of nitrogens with zero attached hydrogens (tertiary/aromatic N) is 2. The maximum Gasteiger partial charge on any atom is 0.416 e. The molecule has 2 nitrogen and oxygen atoms in total. The quantitative estimate of drug-likeness (QED) is 0.750. The van der Waals surface area contributed by atoms with Gasteiger partial charge in [0.1, 0.15) is 11.9 Å². The third-order valence-electron chi connectivity index (χ3n) is 2.20.